The van der Waals surface area contributed by atoms with Crippen LogP contribution in [0.4, 0.5) is 0 Å². The van der Waals surface area contributed by atoms with Crippen molar-refractivity contribution in [2.45, 2.75) is 116 Å². The SMILES string of the molecule is CCC(OC)C(C)C1OC1C(=O)C(C)/C=C/C=C(\C)C1OC(=O)CC(O)CCC(C)(O)C(OC(C)=O)/C=C/C1C. The zero-order valence-corrected chi connectivity index (χ0v) is 25.2. The number of esters is 2. The Bertz CT molecular complexity index is 962. The van der Waals surface area contributed by atoms with Crippen LogP contribution in [0.2, 0.25) is 0 Å². The maximum Gasteiger partial charge on any atom is 0.309 e. The average Bonchev–Trinajstić information content (AvgIpc) is 3.68. The molecule has 0 aromatic rings. The van der Waals surface area contributed by atoms with Crippen LogP contribution < -0.4 is 0 Å². The molecule has 0 bridgehead atoms. The van der Waals surface area contributed by atoms with Crippen LogP contribution >= 0.6 is 0 Å². The van der Waals surface area contributed by atoms with Crippen molar-refractivity contribution in [1.29, 1.82) is 0 Å². The second kappa shape index (κ2) is 15.1. The van der Waals surface area contributed by atoms with Gasteiger partial charge in [0.05, 0.1) is 24.7 Å². The van der Waals surface area contributed by atoms with Gasteiger partial charge in [0, 0.05) is 31.8 Å². The Morgan fingerprint density at radius 3 is 2.50 bits per heavy atom. The standard InChI is InChI=1S/C31H48O9/c1-9-24(37-8)21(5)29-30(40-29)27(35)18(2)11-10-12-19(3)28-20(4)13-14-25(38-22(6)32)31(7,36)16-15-23(33)17-26(34)39-28/h10-14,18,20-21,23-25,28-30,33,36H,9,15-17H2,1-8H3/b11-10+,14-13+,19-12+. The van der Waals surface area contributed by atoms with Crippen LogP contribution in [0.25, 0.3) is 0 Å². The third-order valence-electron chi connectivity index (χ3n) is 7.89. The van der Waals surface area contributed by atoms with Crippen LogP contribution in [0.1, 0.15) is 74.1 Å². The minimum atomic E-state index is -1.43. The molecule has 40 heavy (non-hydrogen) atoms. The lowest BCUT2D eigenvalue weighted by Crippen LogP contribution is -2.42. The van der Waals surface area contributed by atoms with Crippen LogP contribution in [0.5, 0.6) is 0 Å². The summed E-state index contributed by atoms with van der Waals surface area (Å²) in [6, 6.07) is 0. The molecule has 0 radical (unpaired) electrons. The number of carbonyl (C=O) groups is 3. The molecular weight excluding hydrogens is 516 g/mol. The summed E-state index contributed by atoms with van der Waals surface area (Å²) in [5.41, 5.74) is -0.704. The number of aliphatic hydroxyl groups excluding tert-OH is 1. The monoisotopic (exact) mass is 564 g/mol. The van der Waals surface area contributed by atoms with Crippen molar-refractivity contribution in [1.82, 2.24) is 0 Å². The van der Waals surface area contributed by atoms with Gasteiger partial charge in [0.25, 0.3) is 0 Å². The number of cyclic esters (lactones) is 1. The minimum absolute atomic E-state index is 0.0106. The molecule has 2 heterocycles. The summed E-state index contributed by atoms with van der Waals surface area (Å²) in [5, 5.41) is 21.3. The van der Waals surface area contributed by atoms with Gasteiger partial charge >= 0.3 is 11.9 Å². The molecule has 10 atom stereocenters. The maximum absolute atomic E-state index is 12.9. The number of carbonyl (C=O) groups excluding carboxylic acids is 3. The van der Waals surface area contributed by atoms with E-state index in [9.17, 15) is 24.6 Å². The van der Waals surface area contributed by atoms with Crippen LogP contribution in [-0.2, 0) is 33.3 Å². The van der Waals surface area contributed by atoms with E-state index in [1.165, 1.54) is 13.8 Å². The van der Waals surface area contributed by atoms with E-state index in [-0.39, 0.29) is 55.0 Å². The predicted molar refractivity (Wildman–Crippen MR) is 150 cm³/mol. The molecule has 0 aromatic heterocycles. The van der Waals surface area contributed by atoms with E-state index in [1.54, 1.807) is 37.5 Å². The number of Topliss-reactive ketones (excluding diaryl/α,β-unsaturated/α-hetero) is 1. The fourth-order valence-electron chi connectivity index (χ4n) is 5.17. The number of ketones is 1. The summed E-state index contributed by atoms with van der Waals surface area (Å²) in [4.78, 5) is 37.2. The minimum Gasteiger partial charge on any atom is -0.457 e. The fourth-order valence-corrected chi connectivity index (χ4v) is 5.17. The summed E-state index contributed by atoms with van der Waals surface area (Å²) in [6.07, 6.45) is 6.43. The molecular formula is C31H48O9. The lowest BCUT2D eigenvalue weighted by molar-refractivity contribution is -0.157. The molecule has 2 rings (SSSR count). The van der Waals surface area contributed by atoms with E-state index in [0.717, 1.165) is 12.0 Å². The predicted octanol–water partition coefficient (Wildman–Crippen LogP) is 3.85. The number of rotatable bonds is 10. The Labute approximate surface area is 238 Å². The molecule has 2 N–H and O–H groups in total. The average molecular weight is 565 g/mol. The Kier molecular flexibility index (Phi) is 12.7. The highest BCUT2D eigenvalue weighted by atomic mass is 16.6. The molecule has 0 saturated carbocycles. The van der Waals surface area contributed by atoms with Gasteiger partial charge in [0.2, 0.25) is 0 Å². The first kappa shape index (κ1) is 33.9. The molecule has 9 heteroatoms. The van der Waals surface area contributed by atoms with Crippen LogP contribution in [0.3, 0.4) is 0 Å². The van der Waals surface area contributed by atoms with Gasteiger partial charge in [-0.15, -0.1) is 0 Å². The number of hydrogen-bond acceptors (Lipinski definition) is 9. The molecule has 0 aliphatic carbocycles. The van der Waals surface area contributed by atoms with Crippen molar-refractivity contribution in [3.05, 3.63) is 36.0 Å². The highest BCUT2D eigenvalue weighted by Gasteiger charge is 2.50. The molecule has 1 saturated heterocycles. The van der Waals surface area contributed by atoms with E-state index in [0.29, 0.717) is 0 Å². The van der Waals surface area contributed by atoms with Crippen LogP contribution in [0.15, 0.2) is 36.0 Å². The maximum atomic E-state index is 12.9. The van der Waals surface area contributed by atoms with Gasteiger partial charge in [0.1, 0.15) is 23.9 Å². The molecule has 226 valence electrons. The van der Waals surface area contributed by atoms with Crippen molar-refractivity contribution in [2.75, 3.05) is 7.11 Å². The van der Waals surface area contributed by atoms with Gasteiger partial charge < -0.3 is 29.2 Å². The first-order chi connectivity index (χ1) is 18.7. The van der Waals surface area contributed by atoms with Gasteiger partial charge in [-0.05, 0) is 44.8 Å². The van der Waals surface area contributed by atoms with Crippen molar-refractivity contribution in [3.8, 4) is 0 Å². The zero-order chi connectivity index (χ0) is 30.2. The van der Waals surface area contributed by atoms with E-state index in [1.807, 2.05) is 34.6 Å². The summed E-state index contributed by atoms with van der Waals surface area (Å²) in [6.45, 7) is 12.4. The largest absolute Gasteiger partial charge is 0.457 e. The molecule has 0 spiro atoms. The van der Waals surface area contributed by atoms with Gasteiger partial charge in [-0.2, -0.15) is 0 Å². The normalized spacial score (nSPS) is 35.0. The van der Waals surface area contributed by atoms with Gasteiger partial charge in [-0.25, -0.2) is 0 Å². The zero-order valence-electron chi connectivity index (χ0n) is 25.2. The number of methoxy groups -OCH3 is 1. The molecule has 2 aliphatic heterocycles. The molecule has 2 aliphatic rings. The summed E-state index contributed by atoms with van der Waals surface area (Å²) in [5.74, 6) is -1.67. The number of hydrogen-bond donors (Lipinski definition) is 2. The van der Waals surface area contributed by atoms with E-state index in [2.05, 4.69) is 0 Å². The topological polar surface area (TPSA) is 132 Å². The molecule has 0 amide bonds. The van der Waals surface area contributed by atoms with Gasteiger partial charge in [0.15, 0.2) is 5.78 Å². The van der Waals surface area contributed by atoms with E-state index in [4.69, 9.17) is 18.9 Å². The number of epoxide rings is 1. The summed E-state index contributed by atoms with van der Waals surface area (Å²) < 4.78 is 22.3. The lowest BCUT2D eigenvalue weighted by Gasteiger charge is -2.32. The fraction of sp³-hybridized carbons (Fsp3) is 0.710. The van der Waals surface area contributed by atoms with Gasteiger partial charge in [-0.1, -0.05) is 52.0 Å². The van der Waals surface area contributed by atoms with E-state index < -0.39 is 42.0 Å². The number of ether oxygens (including phenoxy) is 4. The van der Waals surface area contributed by atoms with E-state index >= 15 is 0 Å². The van der Waals surface area contributed by atoms with Crippen molar-refractivity contribution in [2.24, 2.45) is 17.8 Å². The second-order valence-electron chi connectivity index (χ2n) is 11.5. The summed E-state index contributed by atoms with van der Waals surface area (Å²) in [7, 11) is 1.67. The molecule has 0 aromatic carbocycles. The highest BCUT2D eigenvalue weighted by Crippen LogP contribution is 2.35. The third-order valence-corrected chi connectivity index (χ3v) is 7.89. The lowest BCUT2D eigenvalue weighted by atomic mass is 9.88. The Morgan fingerprint density at radius 2 is 1.90 bits per heavy atom. The Balaban J connectivity index is 2.17. The van der Waals surface area contributed by atoms with Gasteiger partial charge in [-0.3, -0.25) is 14.4 Å². The second-order valence-corrected chi connectivity index (χ2v) is 11.5. The molecule has 1 fully saturated rings. The quantitative estimate of drug-likeness (QED) is 0.176. The summed E-state index contributed by atoms with van der Waals surface area (Å²) >= 11 is 0. The highest BCUT2D eigenvalue weighted by molar-refractivity contribution is 5.89. The number of allylic oxidation sites excluding steroid dienone is 3. The van der Waals surface area contributed by atoms with Crippen LogP contribution in [-0.4, -0.2) is 77.3 Å². The third kappa shape index (κ3) is 9.65. The van der Waals surface area contributed by atoms with Crippen molar-refractivity contribution in [3.63, 3.8) is 0 Å². The first-order valence-electron chi connectivity index (χ1n) is 14.2. The molecule has 9 nitrogen and oxygen atoms in total. The molecule has 10 unspecified atom stereocenters. The smallest absolute Gasteiger partial charge is 0.309 e. The Morgan fingerprint density at radius 1 is 1.23 bits per heavy atom. The first-order valence-corrected chi connectivity index (χ1v) is 14.2. The number of aliphatic hydroxyl groups is 2. The van der Waals surface area contributed by atoms with Crippen molar-refractivity contribution < 1.29 is 43.5 Å². The van der Waals surface area contributed by atoms with Crippen LogP contribution in [0, 0.1) is 17.8 Å². The van der Waals surface area contributed by atoms with Crippen molar-refractivity contribution >= 4 is 17.7 Å². The Hall–Kier alpha value is -2.33.